The topological polar surface area (TPSA) is 53.8 Å². The zero-order chi connectivity index (χ0) is 13.5. The van der Waals surface area contributed by atoms with Crippen molar-refractivity contribution in [3.63, 3.8) is 0 Å². The molecule has 1 amide bonds. The number of amidine groups is 1. The van der Waals surface area contributed by atoms with Crippen LogP contribution < -0.4 is 5.32 Å². The largest absolute Gasteiger partial charge is 0.352 e. The Labute approximate surface area is 108 Å². The Morgan fingerprint density at radius 3 is 2.22 bits per heavy atom. The van der Waals surface area contributed by atoms with Gasteiger partial charge in [0.05, 0.1) is 0 Å². The van der Waals surface area contributed by atoms with Crippen LogP contribution in [0.4, 0.5) is 0 Å². The van der Waals surface area contributed by atoms with Crippen LogP contribution in [0.15, 0.2) is 34.3 Å². The first-order valence-electron chi connectivity index (χ1n) is 5.85. The average molecular weight is 245 g/mol. The first kappa shape index (κ1) is 14.1. The van der Waals surface area contributed by atoms with Crippen LogP contribution in [0.1, 0.15) is 31.9 Å². The quantitative estimate of drug-likeness (QED) is 0.644. The van der Waals surface area contributed by atoms with Gasteiger partial charge in [-0.3, -0.25) is 9.79 Å². The fraction of sp³-hybridized carbons (Fsp3) is 0.357. The monoisotopic (exact) mass is 245 g/mol. The second-order valence-electron chi connectivity index (χ2n) is 4.21. The van der Waals surface area contributed by atoms with Crippen molar-refractivity contribution < 1.29 is 4.79 Å². The summed E-state index contributed by atoms with van der Waals surface area (Å²) in [6.45, 7) is 5.94. The highest BCUT2D eigenvalue weighted by molar-refractivity contribution is 6.05. The summed E-state index contributed by atoms with van der Waals surface area (Å²) in [4.78, 5) is 19.3. The van der Waals surface area contributed by atoms with Crippen molar-refractivity contribution in [2.75, 3.05) is 7.05 Å². The second kappa shape index (κ2) is 6.69. The van der Waals surface area contributed by atoms with Crippen molar-refractivity contribution in [3.8, 4) is 0 Å². The van der Waals surface area contributed by atoms with E-state index in [9.17, 15) is 4.79 Å². The lowest BCUT2D eigenvalue weighted by Gasteiger charge is -2.05. The van der Waals surface area contributed by atoms with Gasteiger partial charge in [-0.25, -0.2) is 4.99 Å². The minimum atomic E-state index is -0.0268. The summed E-state index contributed by atoms with van der Waals surface area (Å²) >= 11 is 0. The summed E-state index contributed by atoms with van der Waals surface area (Å²) in [5.74, 6) is 0.696. The minimum Gasteiger partial charge on any atom is -0.352 e. The molecule has 0 aliphatic rings. The molecule has 0 bridgehead atoms. The van der Waals surface area contributed by atoms with Crippen molar-refractivity contribution in [1.82, 2.24) is 5.32 Å². The van der Waals surface area contributed by atoms with Crippen molar-refractivity contribution >= 4 is 17.5 Å². The smallest absolute Gasteiger partial charge is 0.217 e. The number of nitrogens with zero attached hydrogens (tertiary/aromatic N) is 2. The summed E-state index contributed by atoms with van der Waals surface area (Å²) < 4.78 is 0. The molecule has 0 aromatic heterocycles. The molecular weight excluding hydrogens is 226 g/mol. The molecule has 1 aromatic rings. The molecule has 0 saturated heterocycles. The third-order valence-electron chi connectivity index (χ3n) is 2.29. The average Bonchev–Trinajstić information content (AvgIpc) is 2.34. The Bertz CT molecular complexity index is 468. The highest BCUT2D eigenvalue weighted by Gasteiger charge is 2.01. The van der Waals surface area contributed by atoms with Gasteiger partial charge >= 0.3 is 0 Å². The molecule has 0 aliphatic heterocycles. The van der Waals surface area contributed by atoms with Gasteiger partial charge in [0.15, 0.2) is 5.84 Å². The van der Waals surface area contributed by atoms with E-state index in [1.807, 2.05) is 38.1 Å². The third kappa shape index (κ3) is 4.49. The maximum atomic E-state index is 10.8. The standard InChI is InChI=1S/C14H19N3O/c1-10(2)17-14(15-4)13-7-5-12(6-8-13)9-16-11(3)18/h5-8H,9H2,1-4H3,(H,16,18). The molecule has 4 nitrogen and oxygen atoms in total. The van der Waals surface area contributed by atoms with Gasteiger partial charge in [-0.2, -0.15) is 0 Å². The van der Waals surface area contributed by atoms with Crippen LogP contribution in [-0.2, 0) is 11.3 Å². The van der Waals surface area contributed by atoms with Crippen molar-refractivity contribution in [2.24, 2.45) is 9.98 Å². The molecule has 0 atom stereocenters. The van der Waals surface area contributed by atoms with Gasteiger partial charge in [0.25, 0.3) is 0 Å². The number of nitrogens with one attached hydrogen (secondary N) is 1. The summed E-state index contributed by atoms with van der Waals surface area (Å²) in [6.07, 6.45) is 0. The normalized spacial score (nSPS) is 11.0. The van der Waals surface area contributed by atoms with Crippen LogP contribution in [0.25, 0.3) is 0 Å². The first-order valence-corrected chi connectivity index (χ1v) is 5.85. The lowest BCUT2D eigenvalue weighted by molar-refractivity contribution is -0.119. The van der Waals surface area contributed by atoms with E-state index >= 15 is 0 Å². The SMILES string of the molecule is CN=C(N=C(C)C)c1ccc(CNC(C)=O)cc1. The number of carbonyl (C=O) groups is 1. The summed E-state index contributed by atoms with van der Waals surface area (Å²) in [5.41, 5.74) is 3.00. The van der Waals surface area contributed by atoms with Crippen LogP contribution in [0.5, 0.6) is 0 Å². The van der Waals surface area contributed by atoms with E-state index in [0.29, 0.717) is 6.54 Å². The third-order valence-corrected chi connectivity index (χ3v) is 2.29. The number of hydrogen-bond acceptors (Lipinski definition) is 2. The maximum absolute atomic E-state index is 10.8. The van der Waals surface area contributed by atoms with Gasteiger partial charge in [0.1, 0.15) is 0 Å². The number of amides is 1. The molecule has 1 aromatic carbocycles. The number of hydrogen-bond donors (Lipinski definition) is 1. The molecule has 0 saturated carbocycles. The fourth-order valence-electron chi connectivity index (χ4n) is 1.45. The Morgan fingerprint density at radius 1 is 1.17 bits per heavy atom. The van der Waals surface area contributed by atoms with Gasteiger partial charge in [-0.15, -0.1) is 0 Å². The molecule has 4 heteroatoms. The van der Waals surface area contributed by atoms with Crippen molar-refractivity contribution in [1.29, 1.82) is 0 Å². The lowest BCUT2D eigenvalue weighted by Crippen LogP contribution is -2.18. The fourth-order valence-corrected chi connectivity index (χ4v) is 1.45. The number of benzene rings is 1. The van der Waals surface area contributed by atoms with E-state index in [4.69, 9.17) is 0 Å². The first-order chi connectivity index (χ1) is 8.52. The van der Waals surface area contributed by atoms with Crippen LogP contribution in [0, 0.1) is 0 Å². The summed E-state index contributed by atoms with van der Waals surface area (Å²) in [7, 11) is 1.73. The van der Waals surface area contributed by atoms with Crippen molar-refractivity contribution in [3.05, 3.63) is 35.4 Å². The van der Waals surface area contributed by atoms with Gasteiger partial charge in [0, 0.05) is 31.8 Å². The molecule has 0 radical (unpaired) electrons. The predicted molar refractivity (Wildman–Crippen MR) is 75.2 cm³/mol. The molecule has 0 spiro atoms. The van der Waals surface area contributed by atoms with E-state index < -0.39 is 0 Å². The Balaban J connectivity index is 2.82. The highest BCUT2D eigenvalue weighted by atomic mass is 16.1. The van der Waals surface area contributed by atoms with Gasteiger partial charge in [-0.1, -0.05) is 24.3 Å². The van der Waals surface area contributed by atoms with E-state index in [1.54, 1.807) is 7.05 Å². The molecule has 18 heavy (non-hydrogen) atoms. The Morgan fingerprint density at radius 2 is 1.78 bits per heavy atom. The van der Waals surface area contributed by atoms with Crippen LogP contribution in [0.2, 0.25) is 0 Å². The molecule has 0 heterocycles. The minimum absolute atomic E-state index is 0.0268. The molecule has 0 fully saturated rings. The molecule has 1 rings (SSSR count). The summed E-state index contributed by atoms with van der Waals surface area (Å²) in [6, 6.07) is 7.87. The summed E-state index contributed by atoms with van der Waals surface area (Å²) in [5, 5.41) is 2.76. The zero-order valence-electron chi connectivity index (χ0n) is 11.3. The van der Waals surface area contributed by atoms with Crippen molar-refractivity contribution in [2.45, 2.75) is 27.3 Å². The van der Waals surface area contributed by atoms with Crippen LogP contribution >= 0.6 is 0 Å². The molecule has 0 aliphatic carbocycles. The number of aliphatic imine (C=N–C) groups is 2. The zero-order valence-corrected chi connectivity index (χ0v) is 11.3. The van der Waals surface area contributed by atoms with Crippen LogP contribution in [-0.4, -0.2) is 24.5 Å². The predicted octanol–water partition coefficient (Wildman–Crippen LogP) is 2.18. The highest BCUT2D eigenvalue weighted by Crippen LogP contribution is 2.07. The molecule has 96 valence electrons. The number of carbonyl (C=O) groups excluding carboxylic acids is 1. The second-order valence-corrected chi connectivity index (χ2v) is 4.21. The van der Waals surface area contributed by atoms with Gasteiger partial charge in [-0.05, 0) is 19.4 Å². The molecular formula is C14H19N3O. The van der Waals surface area contributed by atoms with E-state index in [1.165, 1.54) is 6.92 Å². The molecule has 1 N–H and O–H groups in total. The van der Waals surface area contributed by atoms with E-state index in [0.717, 1.165) is 22.7 Å². The maximum Gasteiger partial charge on any atom is 0.217 e. The van der Waals surface area contributed by atoms with Crippen LogP contribution in [0.3, 0.4) is 0 Å². The lowest BCUT2D eigenvalue weighted by atomic mass is 10.1. The van der Waals surface area contributed by atoms with Gasteiger partial charge < -0.3 is 5.32 Å². The van der Waals surface area contributed by atoms with E-state index in [2.05, 4.69) is 15.3 Å². The Kier molecular flexibility index (Phi) is 5.24. The Hall–Kier alpha value is -1.97. The molecule has 0 unspecified atom stereocenters. The van der Waals surface area contributed by atoms with Gasteiger partial charge in [0.2, 0.25) is 5.91 Å². The number of rotatable bonds is 3. The van der Waals surface area contributed by atoms with E-state index in [-0.39, 0.29) is 5.91 Å².